The number of rotatable bonds is 5. The molecule has 2 nitrogen and oxygen atoms in total. The highest BCUT2D eigenvalue weighted by Gasteiger charge is 2.19. The van der Waals surface area contributed by atoms with Crippen LogP contribution in [0.25, 0.3) is 0 Å². The zero-order chi connectivity index (χ0) is 13.7. The Kier molecular flexibility index (Phi) is 5.41. The maximum Gasteiger partial charge on any atom is 0.164 e. The summed E-state index contributed by atoms with van der Waals surface area (Å²) in [6.45, 7) is 5.42. The molecule has 19 heavy (non-hydrogen) atoms. The number of hydrogen-bond acceptors (Lipinski definition) is 2. The molecule has 3 heteroatoms. The number of hydrogen-bond donors (Lipinski definition) is 0. The minimum Gasteiger partial charge on any atom is -0.303 e. The van der Waals surface area contributed by atoms with Gasteiger partial charge in [0.15, 0.2) is 5.78 Å². The number of likely N-dealkylation sites (tertiary alicyclic amines) is 1. The predicted molar refractivity (Wildman–Crippen MR) is 79.9 cm³/mol. The van der Waals surface area contributed by atoms with Crippen molar-refractivity contribution >= 4 is 17.4 Å². The fourth-order valence-corrected chi connectivity index (χ4v) is 2.94. The van der Waals surface area contributed by atoms with Crippen LogP contribution < -0.4 is 0 Å². The SMILES string of the molecule is CCC1CCCN(CCC(=O)c2cccc(Cl)c2)C1. The van der Waals surface area contributed by atoms with Crippen LogP contribution in [0.2, 0.25) is 5.02 Å². The van der Waals surface area contributed by atoms with Gasteiger partial charge < -0.3 is 4.90 Å². The fourth-order valence-electron chi connectivity index (χ4n) is 2.75. The Balaban J connectivity index is 1.83. The largest absolute Gasteiger partial charge is 0.303 e. The second-order valence-corrected chi connectivity index (χ2v) is 5.84. The van der Waals surface area contributed by atoms with Gasteiger partial charge in [-0.25, -0.2) is 0 Å². The van der Waals surface area contributed by atoms with Gasteiger partial charge in [0.25, 0.3) is 0 Å². The third-order valence-corrected chi connectivity index (χ3v) is 4.22. The Morgan fingerprint density at radius 1 is 1.47 bits per heavy atom. The van der Waals surface area contributed by atoms with E-state index in [-0.39, 0.29) is 5.78 Å². The van der Waals surface area contributed by atoms with Gasteiger partial charge in [0.2, 0.25) is 0 Å². The Bertz CT molecular complexity index is 433. The summed E-state index contributed by atoms with van der Waals surface area (Å²) in [5.74, 6) is 1.01. The molecule has 0 N–H and O–H groups in total. The number of carbonyl (C=O) groups is 1. The first-order valence-corrected chi connectivity index (χ1v) is 7.58. The molecule has 0 bridgehead atoms. The fraction of sp³-hybridized carbons (Fsp3) is 0.562. The molecule has 104 valence electrons. The lowest BCUT2D eigenvalue weighted by molar-refractivity contribution is 0.0945. The molecule has 1 aliphatic rings. The molecule has 0 spiro atoms. The highest BCUT2D eigenvalue weighted by molar-refractivity contribution is 6.31. The summed E-state index contributed by atoms with van der Waals surface area (Å²) >= 11 is 5.91. The standard InChI is InChI=1S/C16H22ClNO/c1-2-13-5-4-9-18(12-13)10-8-16(19)14-6-3-7-15(17)11-14/h3,6-7,11,13H,2,4-5,8-10,12H2,1H3. The summed E-state index contributed by atoms with van der Waals surface area (Å²) in [5, 5.41) is 0.634. The first-order valence-electron chi connectivity index (χ1n) is 7.20. The smallest absolute Gasteiger partial charge is 0.164 e. The van der Waals surface area contributed by atoms with Crippen molar-refractivity contribution in [2.24, 2.45) is 5.92 Å². The van der Waals surface area contributed by atoms with Crippen molar-refractivity contribution in [2.45, 2.75) is 32.6 Å². The highest BCUT2D eigenvalue weighted by atomic mass is 35.5. The molecule has 1 saturated heterocycles. The van der Waals surface area contributed by atoms with E-state index in [0.29, 0.717) is 11.4 Å². The molecular formula is C16H22ClNO. The molecule has 0 saturated carbocycles. The van der Waals surface area contributed by atoms with E-state index in [1.54, 1.807) is 12.1 Å². The van der Waals surface area contributed by atoms with Crippen molar-refractivity contribution in [2.75, 3.05) is 19.6 Å². The monoisotopic (exact) mass is 279 g/mol. The quantitative estimate of drug-likeness (QED) is 0.759. The molecule has 2 rings (SSSR count). The summed E-state index contributed by atoms with van der Waals surface area (Å²) in [4.78, 5) is 14.5. The van der Waals surface area contributed by atoms with Gasteiger partial charge in [-0.3, -0.25) is 4.79 Å². The van der Waals surface area contributed by atoms with Crippen LogP contribution in [0.3, 0.4) is 0 Å². The van der Waals surface area contributed by atoms with Crippen LogP contribution in [0.15, 0.2) is 24.3 Å². The molecule has 1 aromatic rings. The number of Topliss-reactive ketones (excluding diaryl/α,β-unsaturated/α-hetero) is 1. The van der Waals surface area contributed by atoms with E-state index in [0.717, 1.165) is 31.1 Å². The van der Waals surface area contributed by atoms with Gasteiger partial charge in [-0.15, -0.1) is 0 Å². The Labute approximate surface area is 120 Å². The van der Waals surface area contributed by atoms with Gasteiger partial charge in [-0.1, -0.05) is 37.1 Å². The number of halogens is 1. The topological polar surface area (TPSA) is 20.3 Å². The average Bonchev–Trinajstić information content (AvgIpc) is 2.45. The van der Waals surface area contributed by atoms with E-state index < -0.39 is 0 Å². The van der Waals surface area contributed by atoms with E-state index >= 15 is 0 Å². The lowest BCUT2D eigenvalue weighted by atomic mass is 9.95. The molecule has 1 heterocycles. The number of piperidine rings is 1. The van der Waals surface area contributed by atoms with Crippen molar-refractivity contribution in [3.05, 3.63) is 34.9 Å². The van der Waals surface area contributed by atoms with Crippen LogP contribution in [0, 0.1) is 5.92 Å². The number of carbonyl (C=O) groups excluding carboxylic acids is 1. The first kappa shape index (κ1) is 14.5. The molecule has 1 aromatic carbocycles. The molecule has 1 unspecified atom stereocenters. The maximum atomic E-state index is 12.1. The minimum absolute atomic E-state index is 0.195. The van der Waals surface area contributed by atoms with Crippen molar-refractivity contribution in [1.29, 1.82) is 0 Å². The number of benzene rings is 1. The number of nitrogens with zero attached hydrogens (tertiary/aromatic N) is 1. The molecule has 1 fully saturated rings. The van der Waals surface area contributed by atoms with E-state index in [9.17, 15) is 4.79 Å². The van der Waals surface area contributed by atoms with Gasteiger partial charge >= 0.3 is 0 Å². The van der Waals surface area contributed by atoms with Crippen molar-refractivity contribution in [1.82, 2.24) is 4.90 Å². The summed E-state index contributed by atoms with van der Waals surface area (Å²) in [7, 11) is 0. The predicted octanol–water partition coefficient (Wildman–Crippen LogP) is 4.03. The van der Waals surface area contributed by atoms with Crippen molar-refractivity contribution in [3.8, 4) is 0 Å². The molecule has 0 aliphatic carbocycles. The second kappa shape index (κ2) is 7.06. The summed E-state index contributed by atoms with van der Waals surface area (Å²) in [6.07, 6.45) is 4.45. The van der Waals surface area contributed by atoms with Gasteiger partial charge in [0.1, 0.15) is 0 Å². The van der Waals surface area contributed by atoms with Gasteiger partial charge in [0.05, 0.1) is 0 Å². The van der Waals surface area contributed by atoms with Gasteiger partial charge in [0, 0.05) is 30.1 Å². The third-order valence-electron chi connectivity index (χ3n) is 3.98. The molecular weight excluding hydrogens is 258 g/mol. The maximum absolute atomic E-state index is 12.1. The minimum atomic E-state index is 0.195. The summed E-state index contributed by atoms with van der Waals surface area (Å²) in [6, 6.07) is 7.24. The van der Waals surface area contributed by atoms with Crippen molar-refractivity contribution in [3.63, 3.8) is 0 Å². The Morgan fingerprint density at radius 3 is 3.05 bits per heavy atom. The van der Waals surface area contributed by atoms with Crippen LogP contribution in [0.1, 0.15) is 43.0 Å². The molecule has 0 amide bonds. The van der Waals surface area contributed by atoms with Gasteiger partial charge in [-0.2, -0.15) is 0 Å². The summed E-state index contributed by atoms with van der Waals surface area (Å²) < 4.78 is 0. The Hall–Kier alpha value is -0.860. The van der Waals surface area contributed by atoms with Crippen molar-refractivity contribution < 1.29 is 4.79 Å². The zero-order valence-corrected chi connectivity index (χ0v) is 12.3. The van der Waals surface area contributed by atoms with Crippen LogP contribution in [0.4, 0.5) is 0 Å². The van der Waals surface area contributed by atoms with Gasteiger partial charge in [-0.05, 0) is 37.4 Å². The normalized spacial score (nSPS) is 20.4. The molecule has 0 radical (unpaired) electrons. The number of ketones is 1. The Morgan fingerprint density at radius 2 is 2.32 bits per heavy atom. The van der Waals surface area contributed by atoms with Crippen LogP contribution in [-0.2, 0) is 0 Å². The van der Waals surface area contributed by atoms with E-state index in [1.807, 2.05) is 12.1 Å². The zero-order valence-electron chi connectivity index (χ0n) is 11.6. The average molecular weight is 280 g/mol. The summed E-state index contributed by atoms with van der Waals surface area (Å²) in [5.41, 5.74) is 0.733. The van der Waals surface area contributed by atoms with E-state index in [1.165, 1.54) is 19.3 Å². The lowest BCUT2D eigenvalue weighted by Crippen LogP contribution is -2.36. The first-order chi connectivity index (χ1) is 9.19. The van der Waals surface area contributed by atoms with E-state index in [4.69, 9.17) is 11.6 Å². The second-order valence-electron chi connectivity index (χ2n) is 5.40. The highest BCUT2D eigenvalue weighted by Crippen LogP contribution is 2.19. The third kappa shape index (κ3) is 4.32. The lowest BCUT2D eigenvalue weighted by Gasteiger charge is -2.32. The van der Waals surface area contributed by atoms with Crippen LogP contribution >= 0.6 is 11.6 Å². The molecule has 1 aliphatic heterocycles. The van der Waals surface area contributed by atoms with Crippen LogP contribution in [0.5, 0.6) is 0 Å². The molecule has 1 atom stereocenters. The van der Waals surface area contributed by atoms with Crippen LogP contribution in [-0.4, -0.2) is 30.3 Å². The molecule has 0 aromatic heterocycles. The van der Waals surface area contributed by atoms with E-state index in [2.05, 4.69) is 11.8 Å².